The molecule has 8 heteroatoms. The van der Waals surface area contributed by atoms with Crippen molar-refractivity contribution in [3.8, 4) is 11.5 Å². The molecule has 0 radical (unpaired) electrons. The molecule has 0 saturated carbocycles. The third-order valence-electron chi connectivity index (χ3n) is 3.23. The van der Waals surface area contributed by atoms with Crippen molar-refractivity contribution >= 4 is 23.2 Å². The minimum Gasteiger partial charge on any atom is -0.504 e. The number of methoxy groups -OCH3 is 1. The Morgan fingerprint density at radius 1 is 1.12 bits per heavy atom. The van der Waals surface area contributed by atoms with Gasteiger partial charge in [0.2, 0.25) is 0 Å². The number of nitrogens with zero attached hydrogens (tertiary/aromatic N) is 1. The highest BCUT2D eigenvalue weighted by atomic mass is 19.1. The van der Waals surface area contributed by atoms with Crippen molar-refractivity contribution in [2.24, 2.45) is 5.10 Å². The van der Waals surface area contributed by atoms with E-state index in [1.54, 1.807) is 19.1 Å². The summed E-state index contributed by atoms with van der Waals surface area (Å²) in [5.74, 6) is -2.14. The molecule has 2 amide bonds. The van der Waals surface area contributed by atoms with Crippen LogP contribution in [0, 0.1) is 5.82 Å². The number of phenolic OH excluding ortho intramolecular Hbond substituents is 1. The molecule has 0 aromatic heterocycles. The number of phenols is 1. The maximum absolute atomic E-state index is 12.8. The maximum atomic E-state index is 12.8. The molecule has 0 aliphatic heterocycles. The molecular formula is C17H16FN3O4. The van der Waals surface area contributed by atoms with Crippen molar-refractivity contribution in [3.05, 3.63) is 53.8 Å². The molecule has 0 saturated heterocycles. The van der Waals surface area contributed by atoms with Crippen LogP contribution in [0.2, 0.25) is 0 Å². The zero-order valence-electron chi connectivity index (χ0n) is 13.5. The van der Waals surface area contributed by atoms with Gasteiger partial charge in [0.1, 0.15) is 5.82 Å². The number of aromatic hydroxyl groups is 1. The fourth-order valence-corrected chi connectivity index (χ4v) is 1.87. The lowest BCUT2D eigenvalue weighted by atomic mass is 10.1. The second-order valence-electron chi connectivity index (χ2n) is 4.99. The number of anilines is 1. The number of carbonyl (C=O) groups excluding carboxylic acids is 2. The standard InChI is InChI=1S/C17H16FN3O4/c1-10(11-3-8-14(22)15(9-11)25-2)20-21-17(24)16(23)19-13-6-4-12(18)5-7-13/h3-9,22H,1-2H3,(H,19,23)(H,21,24). The van der Waals surface area contributed by atoms with Gasteiger partial charge in [-0.05, 0) is 49.4 Å². The largest absolute Gasteiger partial charge is 0.504 e. The first-order valence-electron chi connectivity index (χ1n) is 7.19. The third-order valence-corrected chi connectivity index (χ3v) is 3.23. The van der Waals surface area contributed by atoms with Gasteiger partial charge < -0.3 is 15.2 Å². The van der Waals surface area contributed by atoms with E-state index in [2.05, 4.69) is 15.8 Å². The maximum Gasteiger partial charge on any atom is 0.329 e. The van der Waals surface area contributed by atoms with Crippen molar-refractivity contribution in [1.82, 2.24) is 5.43 Å². The number of benzene rings is 2. The van der Waals surface area contributed by atoms with Gasteiger partial charge in [0, 0.05) is 11.3 Å². The van der Waals surface area contributed by atoms with E-state index in [0.29, 0.717) is 11.3 Å². The molecule has 25 heavy (non-hydrogen) atoms. The Labute approximate surface area is 143 Å². The summed E-state index contributed by atoms with van der Waals surface area (Å²) in [5, 5.41) is 15.7. The van der Waals surface area contributed by atoms with Crippen LogP contribution in [-0.2, 0) is 9.59 Å². The minimum absolute atomic E-state index is 0.0261. The van der Waals surface area contributed by atoms with Crippen LogP contribution in [0.4, 0.5) is 10.1 Å². The van der Waals surface area contributed by atoms with Gasteiger partial charge in [-0.15, -0.1) is 0 Å². The van der Waals surface area contributed by atoms with E-state index in [9.17, 15) is 19.1 Å². The average molecular weight is 345 g/mol. The molecule has 0 unspecified atom stereocenters. The highest BCUT2D eigenvalue weighted by Crippen LogP contribution is 2.26. The van der Waals surface area contributed by atoms with Gasteiger partial charge in [-0.2, -0.15) is 5.10 Å². The Morgan fingerprint density at radius 2 is 1.80 bits per heavy atom. The summed E-state index contributed by atoms with van der Waals surface area (Å²) in [7, 11) is 1.41. The Balaban J connectivity index is 2.00. The summed E-state index contributed by atoms with van der Waals surface area (Å²) in [5.41, 5.74) is 3.40. The van der Waals surface area contributed by atoms with E-state index in [1.807, 2.05) is 0 Å². The summed E-state index contributed by atoms with van der Waals surface area (Å²) in [4.78, 5) is 23.5. The first kappa shape index (κ1) is 17.9. The number of rotatable bonds is 4. The number of carbonyl (C=O) groups is 2. The number of hydrazone groups is 1. The Hall–Kier alpha value is -3.42. The van der Waals surface area contributed by atoms with Crippen molar-refractivity contribution in [3.63, 3.8) is 0 Å². The second kappa shape index (κ2) is 7.91. The first-order chi connectivity index (χ1) is 11.9. The van der Waals surface area contributed by atoms with E-state index in [4.69, 9.17) is 4.74 Å². The lowest BCUT2D eigenvalue weighted by Crippen LogP contribution is -2.32. The predicted octanol–water partition coefficient (Wildman–Crippen LogP) is 2.02. The molecule has 0 heterocycles. The summed E-state index contributed by atoms with van der Waals surface area (Å²) < 4.78 is 17.8. The molecule has 2 rings (SSSR count). The summed E-state index contributed by atoms with van der Waals surface area (Å²) in [6.07, 6.45) is 0. The van der Waals surface area contributed by atoms with Crippen LogP contribution < -0.4 is 15.5 Å². The van der Waals surface area contributed by atoms with E-state index in [0.717, 1.165) is 12.1 Å². The lowest BCUT2D eigenvalue weighted by molar-refractivity contribution is -0.136. The van der Waals surface area contributed by atoms with Gasteiger partial charge in [0.05, 0.1) is 12.8 Å². The quantitative estimate of drug-likeness (QED) is 0.448. The number of hydrogen-bond donors (Lipinski definition) is 3. The van der Waals surface area contributed by atoms with Crippen LogP contribution in [-0.4, -0.2) is 29.7 Å². The molecule has 7 nitrogen and oxygen atoms in total. The van der Waals surface area contributed by atoms with Gasteiger partial charge in [0.25, 0.3) is 0 Å². The number of amides is 2. The average Bonchev–Trinajstić information content (AvgIpc) is 2.61. The van der Waals surface area contributed by atoms with Crippen LogP contribution in [0.3, 0.4) is 0 Å². The normalized spacial score (nSPS) is 10.9. The van der Waals surface area contributed by atoms with E-state index in [1.165, 1.54) is 25.3 Å². The Bertz CT molecular complexity index is 819. The van der Waals surface area contributed by atoms with E-state index in [-0.39, 0.29) is 17.2 Å². The van der Waals surface area contributed by atoms with Gasteiger partial charge >= 0.3 is 11.8 Å². The molecule has 0 fully saturated rings. The highest BCUT2D eigenvalue weighted by molar-refractivity contribution is 6.39. The molecule has 0 aliphatic carbocycles. The minimum atomic E-state index is -0.977. The predicted molar refractivity (Wildman–Crippen MR) is 90.0 cm³/mol. The van der Waals surface area contributed by atoms with Gasteiger partial charge in [-0.1, -0.05) is 0 Å². The van der Waals surface area contributed by atoms with Gasteiger partial charge in [-0.3, -0.25) is 9.59 Å². The topological polar surface area (TPSA) is 100 Å². The van der Waals surface area contributed by atoms with Crippen LogP contribution >= 0.6 is 0 Å². The zero-order chi connectivity index (χ0) is 18.4. The van der Waals surface area contributed by atoms with Gasteiger partial charge in [0.15, 0.2) is 11.5 Å². The fourth-order valence-electron chi connectivity index (χ4n) is 1.87. The number of ether oxygens (including phenoxy) is 1. The number of halogens is 1. The van der Waals surface area contributed by atoms with E-state index >= 15 is 0 Å². The lowest BCUT2D eigenvalue weighted by Gasteiger charge is -2.07. The Morgan fingerprint density at radius 3 is 2.44 bits per heavy atom. The monoisotopic (exact) mass is 345 g/mol. The van der Waals surface area contributed by atoms with Crippen molar-refractivity contribution in [1.29, 1.82) is 0 Å². The van der Waals surface area contributed by atoms with Crippen molar-refractivity contribution in [2.45, 2.75) is 6.92 Å². The van der Waals surface area contributed by atoms with Crippen LogP contribution in [0.5, 0.6) is 11.5 Å². The summed E-state index contributed by atoms with van der Waals surface area (Å²) >= 11 is 0. The first-order valence-corrected chi connectivity index (χ1v) is 7.19. The number of nitrogens with one attached hydrogen (secondary N) is 2. The van der Waals surface area contributed by atoms with Crippen LogP contribution in [0.1, 0.15) is 12.5 Å². The molecule has 0 aliphatic rings. The van der Waals surface area contributed by atoms with Crippen molar-refractivity contribution < 1.29 is 23.8 Å². The molecule has 2 aromatic carbocycles. The SMILES string of the molecule is COc1cc(C(C)=NNC(=O)C(=O)Nc2ccc(F)cc2)ccc1O. The molecule has 130 valence electrons. The molecule has 2 aromatic rings. The molecule has 0 spiro atoms. The molecule has 0 bridgehead atoms. The smallest absolute Gasteiger partial charge is 0.329 e. The number of hydrogen-bond acceptors (Lipinski definition) is 5. The highest BCUT2D eigenvalue weighted by Gasteiger charge is 2.13. The second-order valence-corrected chi connectivity index (χ2v) is 4.99. The molecule has 0 atom stereocenters. The summed E-state index contributed by atoms with van der Waals surface area (Å²) in [6.45, 7) is 1.62. The molecular weight excluding hydrogens is 329 g/mol. The summed E-state index contributed by atoms with van der Waals surface area (Å²) in [6, 6.07) is 9.54. The van der Waals surface area contributed by atoms with Crippen molar-refractivity contribution in [2.75, 3.05) is 12.4 Å². The third kappa shape index (κ3) is 4.77. The molecule has 3 N–H and O–H groups in total. The zero-order valence-corrected chi connectivity index (χ0v) is 13.5. The fraction of sp³-hybridized carbons (Fsp3) is 0.118. The van der Waals surface area contributed by atoms with Crippen LogP contribution in [0.25, 0.3) is 0 Å². The van der Waals surface area contributed by atoms with Gasteiger partial charge in [-0.25, -0.2) is 9.82 Å². The van der Waals surface area contributed by atoms with Crippen LogP contribution in [0.15, 0.2) is 47.6 Å². The Kier molecular flexibility index (Phi) is 5.67. The van der Waals surface area contributed by atoms with E-state index < -0.39 is 17.6 Å².